The van der Waals surface area contributed by atoms with Crippen LogP contribution in [-0.4, -0.2) is 22.1 Å². The van der Waals surface area contributed by atoms with E-state index in [0.29, 0.717) is 12.2 Å². The summed E-state index contributed by atoms with van der Waals surface area (Å²) in [7, 11) is 0. The normalized spacial score (nSPS) is 10.9. The standard InChI is InChI=1S/C22H18IN3O/c23-21-14-18(17-9-5-2-6-10-17)13-19-15-20(25-26(19)21)22(27)24-12-11-16-7-3-1-4-8-16/h1-10,13-15H,11-12H2,(H,24,27). The maximum atomic E-state index is 12.5. The summed E-state index contributed by atoms with van der Waals surface area (Å²) in [5.74, 6) is -0.147. The number of aromatic nitrogens is 2. The molecule has 4 nitrogen and oxygen atoms in total. The Kier molecular flexibility index (Phi) is 5.20. The fourth-order valence-electron chi connectivity index (χ4n) is 3.02. The van der Waals surface area contributed by atoms with E-state index >= 15 is 0 Å². The van der Waals surface area contributed by atoms with Crippen molar-refractivity contribution in [3.8, 4) is 11.1 Å². The van der Waals surface area contributed by atoms with Gasteiger partial charge in [0.15, 0.2) is 5.69 Å². The van der Waals surface area contributed by atoms with E-state index in [4.69, 9.17) is 0 Å². The third-order valence-electron chi connectivity index (χ3n) is 4.40. The number of hydrogen-bond acceptors (Lipinski definition) is 2. The van der Waals surface area contributed by atoms with Crippen LogP contribution in [0.2, 0.25) is 0 Å². The molecule has 0 aliphatic rings. The van der Waals surface area contributed by atoms with E-state index in [2.05, 4.69) is 69.4 Å². The molecule has 0 radical (unpaired) electrons. The molecule has 2 aromatic carbocycles. The van der Waals surface area contributed by atoms with Crippen LogP contribution in [0.15, 0.2) is 78.9 Å². The number of carbonyl (C=O) groups is 1. The summed E-state index contributed by atoms with van der Waals surface area (Å²) in [6.45, 7) is 0.586. The number of benzene rings is 2. The molecule has 0 fully saturated rings. The number of rotatable bonds is 5. The molecule has 134 valence electrons. The van der Waals surface area contributed by atoms with Gasteiger partial charge in [-0.3, -0.25) is 4.79 Å². The Morgan fingerprint density at radius 3 is 2.37 bits per heavy atom. The van der Waals surface area contributed by atoms with Gasteiger partial charge in [-0.1, -0.05) is 60.7 Å². The molecule has 2 heterocycles. The minimum absolute atomic E-state index is 0.147. The molecule has 5 heteroatoms. The summed E-state index contributed by atoms with van der Waals surface area (Å²) in [4.78, 5) is 12.5. The highest BCUT2D eigenvalue weighted by molar-refractivity contribution is 14.1. The van der Waals surface area contributed by atoms with E-state index in [1.54, 1.807) is 4.52 Å². The number of nitrogens with zero attached hydrogens (tertiary/aromatic N) is 2. The van der Waals surface area contributed by atoms with Gasteiger partial charge in [0.05, 0.1) is 5.52 Å². The first-order valence-electron chi connectivity index (χ1n) is 8.77. The first-order valence-corrected chi connectivity index (χ1v) is 9.85. The maximum absolute atomic E-state index is 12.5. The van der Waals surface area contributed by atoms with Crippen molar-refractivity contribution >= 4 is 34.0 Å². The van der Waals surface area contributed by atoms with Crippen LogP contribution >= 0.6 is 22.6 Å². The molecule has 0 spiro atoms. The van der Waals surface area contributed by atoms with Crippen molar-refractivity contribution in [2.75, 3.05) is 6.54 Å². The van der Waals surface area contributed by atoms with Gasteiger partial charge < -0.3 is 5.32 Å². The zero-order valence-corrected chi connectivity index (χ0v) is 16.8. The number of pyridine rings is 1. The zero-order chi connectivity index (χ0) is 18.6. The molecule has 1 N–H and O–H groups in total. The highest BCUT2D eigenvalue weighted by Crippen LogP contribution is 2.24. The second kappa shape index (κ2) is 7.92. The van der Waals surface area contributed by atoms with Crippen LogP contribution in [0.1, 0.15) is 16.1 Å². The van der Waals surface area contributed by atoms with Gasteiger partial charge in [0.1, 0.15) is 3.70 Å². The molecule has 4 aromatic rings. The monoisotopic (exact) mass is 467 g/mol. The fraction of sp³-hybridized carbons (Fsp3) is 0.0909. The first kappa shape index (κ1) is 17.7. The smallest absolute Gasteiger partial charge is 0.271 e. The Labute approximate surface area is 171 Å². The predicted molar refractivity (Wildman–Crippen MR) is 116 cm³/mol. The van der Waals surface area contributed by atoms with Gasteiger partial charge in [-0.2, -0.15) is 5.10 Å². The molecule has 2 aromatic heterocycles. The van der Waals surface area contributed by atoms with Crippen LogP contribution in [0.3, 0.4) is 0 Å². The molecule has 0 aliphatic carbocycles. The third-order valence-corrected chi connectivity index (χ3v) is 5.17. The largest absolute Gasteiger partial charge is 0.350 e. The Bertz CT molecular complexity index is 1070. The van der Waals surface area contributed by atoms with E-state index < -0.39 is 0 Å². The summed E-state index contributed by atoms with van der Waals surface area (Å²) >= 11 is 2.25. The molecule has 0 unspecified atom stereocenters. The molecule has 0 saturated heterocycles. The Hall–Kier alpha value is -2.67. The zero-order valence-electron chi connectivity index (χ0n) is 14.6. The van der Waals surface area contributed by atoms with Crippen molar-refractivity contribution in [1.82, 2.24) is 14.9 Å². The van der Waals surface area contributed by atoms with Crippen molar-refractivity contribution in [3.63, 3.8) is 0 Å². The van der Waals surface area contributed by atoms with Crippen LogP contribution in [0.25, 0.3) is 16.6 Å². The molecule has 4 rings (SSSR count). The second-order valence-electron chi connectivity index (χ2n) is 6.29. The average Bonchev–Trinajstić information content (AvgIpc) is 3.14. The summed E-state index contributed by atoms with van der Waals surface area (Å²) in [5.41, 5.74) is 4.81. The molecular formula is C22H18IN3O. The van der Waals surface area contributed by atoms with Gasteiger partial charge in [0, 0.05) is 6.54 Å². The lowest BCUT2D eigenvalue weighted by atomic mass is 10.1. The SMILES string of the molecule is O=C(NCCc1ccccc1)c1cc2cc(-c3ccccc3)cc(I)n2n1. The summed E-state index contributed by atoms with van der Waals surface area (Å²) in [6, 6.07) is 26.3. The van der Waals surface area contributed by atoms with Crippen molar-refractivity contribution in [3.05, 3.63) is 93.8 Å². The Morgan fingerprint density at radius 1 is 0.926 bits per heavy atom. The summed E-state index contributed by atoms with van der Waals surface area (Å²) < 4.78 is 2.77. The molecular weight excluding hydrogens is 449 g/mol. The minimum Gasteiger partial charge on any atom is -0.350 e. The lowest BCUT2D eigenvalue weighted by Crippen LogP contribution is -2.26. The summed E-state index contributed by atoms with van der Waals surface area (Å²) in [5, 5.41) is 7.43. The summed E-state index contributed by atoms with van der Waals surface area (Å²) in [6.07, 6.45) is 0.801. The highest BCUT2D eigenvalue weighted by atomic mass is 127. The van der Waals surface area contributed by atoms with E-state index in [-0.39, 0.29) is 5.91 Å². The number of nitrogens with one attached hydrogen (secondary N) is 1. The van der Waals surface area contributed by atoms with Gasteiger partial charge in [-0.25, -0.2) is 4.52 Å². The quantitative estimate of drug-likeness (QED) is 0.345. The minimum atomic E-state index is -0.147. The Morgan fingerprint density at radius 2 is 1.63 bits per heavy atom. The lowest BCUT2D eigenvalue weighted by Gasteiger charge is -2.04. The van der Waals surface area contributed by atoms with E-state index in [9.17, 15) is 4.79 Å². The van der Waals surface area contributed by atoms with Gasteiger partial charge in [-0.05, 0) is 63.9 Å². The topological polar surface area (TPSA) is 46.4 Å². The number of amides is 1. The van der Waals surface area contributed by atoms with Crippen molar-refractivity contribution < 1.29 is 4.79 Å². The molecule has 0 saturated carbocycles. The highest BCUT2D eigenvalue weighted by Gasteiger charge is 2.13. The molecule has 0 bridgehead atoms. The van der Waals surface area contributed by atoms with Gasteiger partial charge in [-0.15, -0.1) is 0 Å². The van der Waals surface area contributed by atoms with Crippen molar-refractivity contribution in [2.45, 2.75) is 6.42 Å². The van der Waals surface area contributed by atoms with Crippen LogP contribution in [0.4, 0.5) is 0 Å². The molecule has 27 heavy (non-hydrogen) atoms. The lowest BCUT2D eigenvalue weighted by molar-refractivity contribution is 0.0949. The van der Waals surface area contributed by atoms with Crippen LogP contribution in [0, 0.1) is 3.70 Å². The average molecular weight is 467 g/mol. The van der Waals surface area contributed by atoms with Gasteiger partial charge >= 0.3 is 0 Å². The van der Waals surface area contributed by atoms with Gasteiger partial charge in [0.2, 0.25) is 0 Å². The van der Waals surface area contributed by atoms with E-state index in [1.807, 2.05) is 42.5 Å². The number of carbonyl (C=O) groups excluding carboxylic acids is 1. The van der Waals surface area contributed by atoms with Crippen LogP contribution in [0.5, 0.6) is 0 Å². The number of fused-ring (bicyclic) bond motifs is 1. The van der Waals surface area contributed by atoms with Crippen molar-refractivity contribution in [2.24, 2.45) is 0 Å². The maximum Gasteiger partial charge on any atom is 0.271 e. The predicted octanol–water partition coefficient (Wildman–Crippen LogP) is 4.58. The number of halogens is 1. The van der Waals surface area contributed by atoms with Crippen molar-refractivity contribution in [1.29, 1.82) is 0 Å². The Balaban J connectivity index is 1.52. The van der Waals surface area contributed by atoms with Gasteiger partial charge in [0.25, 0.3) is 5.91 Å². The third kappa shape index (κ3) is 4.03. The van der Waals surface area contributed by atoms with Crippen LogP contribution < -0.4 is 5.32 Å². The number of hydrogen-bond donors (Lipinski definition) is 1. The fourth-order valence-corrected chi connectivity index (χ4v) is 3.75. The first-order chi connectivity index (χ1) is 13.2. The molecule has 1 amide bonds. The molecule has 0 aliphatic heterocycles. The van der Waals surface area contributed by atoms with E-state index in [0.717, 1.165) is 26.8 Å². The second-order valence-corrected chi connectivity index (χ2v) is 7.40. The van der Waals surface area contributed by atoms with E-state index in [1.165, 1.54) is 5.56 Å². The van der Waals surface area contributed by atoms with Crippen LogP contribution in [-0.2, 0) is 6.42 Å². The molecule has 0 atom stereocenters.